The minimum atomic E-state index is -0.686. The number of carbonyl (C=O) groups excluding carboxylic acids is 2. The van der Waals surface area contributed by atoms with Crippen LogP contribution in [-0.2, 0) is 16.1 Å². The molecular formula is C26H33ClN2O5. The van der Waals surface area contributed by atoms with Gasteiger partial charge in [-0.1, -0.05) is 49.1 Å². The zero-order valence-corrected chi connectivity index (χ0v) is 20.8. The Hall–Kier alpha value is -2.93. The van der Waals surface area contributed by atoms with Crippen LogP contribution < -0.4 is 19.5 Å². The number of hydrogen-bond donors (Lipinski definition) is 1. The lowest BCUT2D eigenvalue weighted by atomic mass is 9.95. The molecule has 1 saturated carbocycles. The lowest BCUT2D eigenvalue weighted by Gasteiger charge is -2.31. The second kappa shape index (κ2) is 12.5. The van der Waals surface area contributed by atoms with Crippen molar-refractivity contribution in [1.29, 1.82) is 0 Å². The summed E-state index contributed by atoms with van der Waals surface area (Å²) in [5.74, 6) is 1.04. The molecule has 0 aromatic heterocycles. The molecule has 34 heavy (non-hydrogen) atoms. The van der Waals surface area contributed by atoms with E-state index in [9.17, 15) is 9.59 Å². The molecule has 3 rings (SSSR count). The summed E-state index contributed by atoms with van der Waals surface area (Å²) in [4.78, 5) is 27.9. The average Bonchev–Trinajstić information content (AvgIpc) is 2.86. The van der Waals surface area contributed by atoms with E-state index < -0.39 is 6.04 Å². The largest absolute Gasteiger partial charge is 0.496 e. The molecular weight excluding hydrogens is 456 g/mol. The molecule has 0 bridgehead atoms. The van der Waals surface area contributed by atoms with Gasteiger partial charge in [-0.3, -0.25) is 9.59 Å². The standard InChI is InChI=1S/C26H33ClN2O5/c1-18(26(31)28-20-10-5-4-6-11-20)29(16-19-9-7-8-12-24(19)27)25(30)17-34-23-14-21(32-2)13-22(15-23)33-3/h7-9,12-15,18,20H,4-6,10-11,16-17H2,1-3H3,(H,28,31)/t18-/m1/s1. The van der Waals surface area contributed by atoms with Gasteiger partial charge in [-0.05, 0) is 31.4 Å². The summed E-state index contributed by atoms with van der Waals surface area (Å²) >= 11 is 6.36. The number of nitrogens with one attached hydrogen (secondary N) is 1. The molecule has 0 spiro atoms. The van der Waals surface area contributed by atoms with Gasteiger partial charge in [0, 0.05) is 35.8 Å². The van der Waals surface area contributed by atoms with E-state index in [0.717, 1.165) is 31.2 Å². The summed E-state index contributed by atoms with van der Waals surface area (Å²) < 4.78 is 16.3. The molecule has 7 nitrogen and oxygen atoms in total. The fourth-order valence-electron chi connectivity index (χ4n) is 4.05. The molecule has 2 amide bonds. The van der Waals surface area contributed by atoms with Gasteiger partial charge in [0.1, 0.15) is 23.3 Å². The van der Waals surface area contributed by atoms with Gasteiger partial charge in [-0.2, -0.15) is 0 Å². The fourth-order valence-corrected chi connectivity index (χ4v) is 4.25. The zero-order chi connectivity index (χ0) is 24.5. The zero-order valence-electron chi connectivity index (χ0n) is 20.0. The van der Waals surface area contributed by atoms with Gasteiger partial charge < -0.3 is 24.4 Å². The number of hydrogen-bond acceptors (Lipinski definition) is 5. The smallest absolute Gasteiger partial charge is 0.261 e. The Balaban J connectivity index is 1.74. The van der Waals surface area contributed by atoms with Crippen LogP contribution in [0.25, 0.3) is 0 Å². The van der Waals surface area contributed by atoms with Gasteiger partial charge in [-0.25, -0.2) is 0 Å². The molecule has 0 saturated heterocycles. The molecule has 2 aromatic rings. The summed E-state index contributed by atoms with van der Waals surface area (Å²) in [7, 11) is 3.09. The van der Waals surface area contributed by atoms with Crippen LogP contribution >= 0.6 is 11.6 Å². The lowest BCUT2D eigenvalue weighted by molar-refractivity contribution is -0.142. The molecule has 1 N–H and O–H groups in total. The predicted molar refractivity (Wildman–Crippen MR) is 132 cm³/mol. The molecule has 0 aliphatic heterocycles. The van der Waals surface area contributed by atoms with E-state index in [2.05, 4.69) is 5.32 Å². The van der Waals surface area contributed by atoms with E-state index in [4.69, 9.17) is 25.8 Å². The first-order chi connectivity index (χ1) is 16.4. The van der Waals surface area contributed by atoms with Crippen molar-refractivity contribution in [1.82, 2.24) is 10.2 Å². The van der Waals surface area contributed by atoms with E-state index in [-0.39, 0.29) is 31.0 Å². The first kappa shape index (κ1) is 25.7. The molecule has 184 valence electrons. The molecule has 0 radical (unpaired) electrons. The van der Waals surface area contributed by atoms with Gasteiger partial charge in [0.05, 0.1) is 14.2 Å². The summed E-state index contributed by atoms with van der Waals surface area (Å²) in [6.07, 6.45) is 5.36. The maximum Gasteiger partial charge on any atom is 0.261 e. The van der Waals surface area contributed by atoms with Crippen LogP contribution in [0.1, 0.15) is 44.6 Å². The Kier molecular flexibility index (Phi) is 9.45. The summed E-state index contributed by atoms with van der Waals surface area (Å²) in [5, 5.41) is 3.66. The summed E-state index contributed by atoms with van der Waals surface area (Å²) in [6, 6.07) is 11.8. The van der Waals surface area contributed by atoms with Crippen LogP contribution in [0.5, 0.6) is 17.2 Å². The normalized spacial score (nSPS) is 14.7. The topological polar surface area (TPSA) is 77.1 Å². The highest BCUT2D eigenvalue weighted by Crippen LogP contribution is 2.27. The highest BCUT2D eigenvalue weighted by Gasteiger charge is 2.29. The second-order valence-corrected chi connectivity index (χ2v) is 8.88. The molecule has 0 heterocycles. The number of amides is 2. The van der Waals surface area contributed by atoms with Gasteiger partial charge in [0.25, 0.3) is 5.91 Å². The van der Waals surface area contributed by atoms with Crippen LogP contribution in [0.2, 0.25) is 5.02 Å². The van der Waals surface area contributed by atoms with Crippen molar-refractivity contribution in [2.24, 2.45) is 0 Å². The van der Waals surface area contributed by atoms with Gasteiger partial charge >= 0.3 is 0 Å². The molecule has 2 aromatic carbocycles. The number of ether oxygens (including phenoxy) is 3. The van der Waals surface area contributed by atoms with E-state index in [0.29, 0.717) is 22.3 Å². The number of benzene rings is 2. The third-order valence-electron chi connectivity index (χ3n) is 6.10. The highest BCUT2D eigenvalue weighted by molar-refractivity contribution is 6.31. The third-order valence-corrected chi connectivity index (χ3v) is 6.47. The molecule has 1 atom stereocenters. The van der Waals surface area contributed by atoms with E-state index in [1.165, 1.54) is 11.3 Å². The number of nitrogens with zero attached hydrogens (tertiary/aromatic N) is 1. The van der Waals surface area contributed by atoms with Crippen molar-refractivity contribution in [2.45, 2.75) is 57.7 Å². The Bertz CT molecular complexity index is 955. The fraction of sp³-hybridized carbons (Fsp3) is 0.462. The van der Waals surface area contributed by atoms with Crippen LogP contribution in [-0.4, -0.2) is 49.6 Å². The number of halogens is 1. The SMILES string of the molecule is COc1cc(OC)cc(OCC(=O)N(Cc2ccccc2Cl)[C@H](C)C(=O)NC2CCCCC2)c1. The molecule has 1 fully saturated rings. The number of methoxy groups -OCH3 is 2. The average molecular weight is 489 g/mol. The van der Waals surface area contributed by atoms with Crippen molar-refractivity contribution in [2.75, 3.05) is 20.8 Å². The quantitative estimate of drug-likeness (QED) is 0.528. The van der Waals surface area contributed by atoms with Crippen molar-refractivity contribution in [3.63, 3.8) is 0 Å². The molecule has 8 heteroatoms. The maximum atomic E-state index is 13.3. The predicted octanol–water partition coefficient (Wildman–Crippen LogP) is 4.60. The van der Waals surface area contributed by atoms with Gasteiger partial charge in [0.2, 0.25) is 5.91 Å². The first-order valence-corrected chi connectivity index (χ1v) is 12.0. The van der Waals surface area contributed by atoms with E-state index in [1.807, 2.05) is 18.2 Å². The monoisotopic (exact) mass is 488 g/mol. The Morgan fingerprint density at radius 1 is 1.03 bits per heavy atom. The van der Waals surface area contributed by atoms with Gasteiger partial charge in [0.15, 0.2) is 6.61 Å². The Morgan fingerprint density at radius 3 is 2.26 bits per heavy atom. The molecule has 1 aliphatic carbocycles. The van der Waals surface area contributed by atoms with Crippen molar-refractivity contribution >= 4 is 23.4 Å². The minimum absolute atomic E-state index is 0.154. The van der Waals surface area contributed by atoms with Crippen molar-refractivity contribution in [3.05, 3.63) is 53.1 Å². The molecule has 1 aliphatic rings. The van der Waals surface area contributed by atoms with Crippen LogP contribution in [0.15, 0.2) is 42.5 Å². The molecule has 0 unspecified atom stereocenters. The first-order valence-electron chi connectivity index (χ1n) is 11.6. The van der Waals surface area contributed by atoms with Gasteiger partial charge in [-0.15, -0.1) is 0 Å². The number of carbonyl (C=O) groups is 2. The second-order valence-electron chi connectivity index (χ2n) is 8.47. The van der Waals surface area contributed by atoms with E-state index in [1.54, 1.807) is 45.4 Å². The Morgan fingerprint density at radius 2 is 1.65 bits per heavy atom. The number of rotatable bonds is 10. The summed E-state index contributed by atoms with van der Waals surface area (Å²) in [5.41, 5.74) is 0.762. The van der Waals surface area contributed by atoms with E-state index >= 15 is 0 Å². The summed E-state index contributed by atoms with van der Waals surface area (Å²) in [6.45, 7) is 1.69. The minimum Gasteiger partial charge on any atom is -0.496 e. The highest BCUT2D eigenvalue weighted by atomic mass is 35.5. The maximum absolute atomic E-state index is 13.3. The third kappa shape index (κ3) is 7.03. The Labute approximate surface area is 206 Å². The van der Waals surface area contributed by atoms with Crippen LogP contribution in [0.4, 0.5) is 0 Å². The lowest BCUT2D eigenvalue weighted by Crippen LogP contribution is -2.51. The van der Waals surface area contributed by atoms with Crippen LogP contribution in [0.3, 0.4) is 0 Å². The van der Waals surface area contributed by atoms with Crippen molar-refractivity contribution < 1.29 is 23.8 Å². The van der Waals surface area contributed by atoms with Crippen molar-refractivity contribution in [3.8, 4) is 17.2 Å². The van der Waals surface area contributed by atoms with Crippen LogP contribution in [0, 0.1) is 0 Å².